The van der Waals surface area contributed by atoms with E-state index >= 15 is 0 Å². The Labute approximate surface area is 133 Å². The summed E-state index contributed by atoms with van der Waals surface area (Å²) in [6, 6.07) is 16.1. The summed E-state index contributed by atoms with van der Waals surface area (Å²) in [4.78, 5) is 19.6. The SMILES string of the molecule is Cc1ncc(-c2cccc(NC(=O)c3cccc(C#N)c3)c2)[nH]1. The van der Waals surface area contributed by atoms with Crippen LogP contribution in [-0.2, 0) is 0 Å². The first-order valence-corrected chi connectivity index (χ1v) is 7.09. The third-order valence-electron chi connectivity index (χ3n) is 3.39. The molecule has 0 spiro atoms. The Kier molecular flexibility index (Phi) is 3.89. The zero-order valence-corrected chi connectivity index (χ0v) is 12.5. The van der Waals surface area contributed by atoms with Crippen molar-refractivity contribution in [3.8, 4) is 17.3 Å². The van der Waals surface area contributed by atoms with Gasteiger partial charge in [-0.05, 0) is 37.3 Å². The molecule has 3 aromatic rings. The van der Waals surface area contributed by atoms with E-state index in [1.165, 1.54) is 0 Å². The van der Waals surface area contributed by atoms with Crippen LogP contribution in [0, 0.1) is 18.3 Å². The molecule has 5 heteroatoms. The van der Waals surface area contributed by atoms with Gasteiger partial charge in [0.15, 0.2) is 0 Å². The van der Waals surface area contributed by atoms with Gasteiger partial charge in [-0.1, -0.05) is 18.2 Å². The van der Waals surface area contributed by atoms with Crippen molar-refractivity contribution in [3.63, 3.8) is 0 Å². The number of benzene rings is 2. The Morgan fingerprint density at radius 3 is 2.78 bits per heavy atom. The zero-order chi connectivity index (χ0) is 16.2. The molecule has 1 heterocycles. The van der Waals surface area contributed by atoms with E-state index in [4.69, 9.17) is 5.26 Å². The van der Waals surface area contributed by atoms with E-state index in [-0.39, 0.29) is 5.91 Å². The Morgan fingerprint density at radius 1 is 1.22 bits per heavy atom. The van der Waals surface area contributed by atoms with E-state index in [0.29, 0.717) is 16.8 Å². The van der Waals surface area contributed by atoms with Crippen molar-refractivity contribution in [1.82, 2.24) is 9.97 Å². The number of nitrogens with zero attached hydrogens (tertiary/aromatic N) is 2. The fraction of sp³-hybridized carbons (Fsp3) is 0.0556. The summed E-state index contributed by atoms with van der Waals surface area (Å²) >= 11 is 0. The summed E-state index contributed by atoms with van der Waals surface area (Å²) < 4.78 is 0. The lowest BCUT2D eigenvalue weighted by Gasteiger charge is -2.07. The fourth-order valence-electron chi connectivity index (χ4n) is 2.27. The van der Waals surface area contributed by atoms with Crippen molar-refractivity contribution in [3.05, 3.63) is 71.7 Å². The minimum absolute atomic E-state index is 0.250. The lowest BCUT2D eigenvalue weighted by atomic mass is 10.1. The second-order valence-electron chi connectivity index (χ2n) is 5.11. The van der Waals surface area contributed by atoms with Crippen LogP contribution in [0.3, 0.4) is 0 Å². The zero-order valence-electron chi connectivity index (χ0n) is 12.5. The highest BCUT2D eigenvalue weighted by Gasteiger charge is 2.08. The van der Waals surface area contributed by atoms with Crippen LogP contribution in [0.4, 0.5) is 5.69 Å². The first kappa shape index (κ1) is 14.5. The molecule has 0 fully saturated rings. The van der Waals surface area contributed by atoms with E-state index in [0.717, 1.165) is 17.1 Å². The van der Waals surface area contributed by atoms with Gasteiger partial charge in [-0.15, -0.1) is 0 Å². The minimum Gasteiger partial charge on any atom is -0.342 e. The van der Waals surface area contributed by atoms with Crippen LogP contribution in [0.2, 0.25) is 0 Å². The molecule has 1 amide bonds. The smallest absolute Gasteiger partial charge is 0.255 e. The van der Waals surface area contributed by atoms with Crippen LogP contribution in [0.25, 0.3) is 11.3 Å². The monoisotopic (exact) mass is 302 g/mol. The number of hydrogen-bond acceptors (Lipinski definition) is 3. The van der Waals surface area contributed by atoms with Gasteiger partial charge in [-0.3, -0.25) is 4.79 Å². The molecule has 0 aliphatic heterocycles. The number of nitrogens with one attached hydrogen (secondary N) is 2. The van der Waals surface area contributed by atoms with Crippen LogP contribution in [-0.4, -0.2) is 15.9 Å². The van der Waals surface area contributed by atoms with Gasteiger partial charge in [0.1, 0.15) is 5.82 Å². The molecule has 3 rings (SSSR count). The van der Waals surface area contributed by atoms with Gasteiger partial charge in [0, 0.05) is 16.8 Å². The van der Waals surface area contributed by atoms with Gasteiger partial charge in [0.05, 0.1) is 23.5 Å². The summed E-state index contributed by atoms with van der Waals surface area (Å²) in [6.45, 7) is 1.89. The van der Waals surface area contributed by atoms with E-state index in [1.54, 1.807) is 30.5 Å². The fourth-order valence-corrected chi connectivity index (χ4v) is 2.27. The van der Waals surface area contributed by atoms with Crippen molar-refractivity contribution < 1.29 is 4.79 Å². The quantitative estimate of drug-likeness (QED) is 0.776. The molecule has 112 valence electrons. The van der Waals surface area contributed by atoms with Crippen molar-refractivity contribution in [2.24, 2.45) is 0 Å². The van der Waals surface area contributed by atoms with Crippen molar-refractivity contribution in [1.29, 1.82) is 5.26 Å². The van der Waals surface area contributed by atoms with Crippen LogP contribution in [0.5, 0.6) is 0 Å². The maximum atomic E-state index is 12.3. The second kappa shape index (κ2) is 6.16. The average Bonchev–Trinajstić information content (AvgIpc) is 3.02. The second-order valence-corrected chi connectivity index (χ2v) is 5.11. The van der Waals surface area contributed by atoms with Gasteiger partial charge in [-0.25, -0.2) is 4.98 Å². The molecular weight excluding hydrogens is 288 g/mol. The van der Waals surface area contributed by atoms with Crippen LogP contribution in [0.15, 0.2) is 54.7 Å². The molecule has 2 N–H and O–H groups in total. The lowest BCUT2D eigenvalue weighted by molar-refractivity contribution is 0.102. The third-order valence-corrected chi connectivity index (χ3v) is 3.39. The number of aryl methyl sites for hydroxylation is 1. The van der Waals surface area contributed by atoms with Gasteiger partial charge in [-0.2, -0.15) is 5.26 Å². The highest BCUT2D eigenvalue weighted by molar-refractivity contribution is 6.04. The predicted octanol–water partition coefficient (Wildman–Crippen LogP) is 3.51. The van der Waals surface area contributed by atoms with Gasteiger partial charge < -0.3 is 10.3 Å². The van der Waals surface area contributed by atoms with E-state index in [9.17, 15) is 4.79 Å². The van der Waals surface area contributed by atoms with Gasteiger partial charge >= 0.3 is 0 Å². The van der Waals surface area contributed by atoms with Crippen molar-refractivity contribution >= 4 is 11.6 Å². The summed E-state index contributed by atoms with van der Waals surface area (Å²) in [5.41, 5.74) is 3.42. The summed E-state index contributed by atoms with van der Waals surface area (Å²) in [5, 5.41) is 11.8. The first-order chi connectivity index (χ1) is 11.2. The standard InChI is InChI=1S/C18H14N4O/c1-12-20-11-17(21-12)14-5-3-7-16(9-14)22-18(23)15-6-2-4-13(8-15)10-19/h2-9,11H,1H3,(H,20,21)(H,22,23). The molecular formula is C18H14N4O. The molecule has 0 aliphatic rings. The average molecular weight is 302 g/mol. The molecule has 0 aliphatic carbocycles. The lowest BCUT2D eigenvalue weighted by Crippen LogP contribution is -2.11. The van der Waals surface area contributed by atoms with Crippen molar-refractivity contribution in [2.75, 3.05) is 5.32 Å². The normalized spacial score (nSPS) is 10.1. The molecule has 0 unspecified atom stereocenters. The number of anilines is 1. The number of nitriles is 1. The van der Waals surface area contributed by atoms with Crippen LogP contribution >= 0.6 is 0 Å². The molecule has 0 radical (unpaired) electrons. The Hall–Kier alpha value is -3.39. The van der Waals surface area contributed by atoms with E-state index in [2.05, 4.69) is 15.3 Å². The molecule has 0 atom stereocenters. The van der Waals surface area contributed by atoms with Gasteiger partial charge in [0.25, 0.3) is 5.91 Å². The summed E-state index contributed by atoms with van der Waals surface area (Å²) in [5.74, 6) is 0.586. The topological polar surface area (TPSA) is 81.6 Å². The number of carbonyl (C=O) groups is 1. The number of H-pyrrole nitrogens is 1. The Balaban J connectivity index is 1.83. The number of rotatable bonds is 3. The number of aromatic amines is 1. The number of amides is 1. The van der Waals surface area contributed by atoms with Gasteiger partial charge in [0.2, 0.25) is 0 Å². The molecule has 0 saturated carbocycles. The minimum atomic E-state index is -0.250. The highest BCUT2D eigenvalue weighted by atomic mass is 16.1. The number of aromatic nitrogens is 2. The molecule has 23 heavy (non-hydrogen) atoms. The predicted molar refractivity (Wildman–Crippen MR) is 87.9 cm³/mol. The number of carbonyl (C=O) groups excluding carboxylic acids is 1. The van der Waals surface area contributed by atoms with Crippen LogP contribution in [0.1, 0.15) is 21.7 Å². The van der Waals surface area contributed by atoms with Crippen molar-refractivity contribution in [2.45, 2.75) is 6.92 Å². The summed E-state index contributed by atoms with van der Waals surface area (Å²) in [7, 11) is 0. The van der Waals surface area contributed by atoms with E-state index in [1.807, 2.05) is 37.3 Å². The summed E-state index contributed by atoms with van der Waals surface area (Å²) in [6.07, 6.45) is 1.76. The molecule has 0 saturated heterocycles. The number of imidazole rings is 1. The highest BCUT2D eigenvalue weighted by Crippen LogP contribution is 2.21. The molecule has 0 bridgehead atoms. The van der Waals surface area contributed by atoms with Crippen LogP contribution < -0.4 is 5.32 Å². The molecule has 1 aromatic heterocycles. The number of hydrogen-bond donors (Lipinski definition) is 2. The molecule has 5 nitrogen and oxygen atoms in total. The third kappa shape index (κ3) is 3.27. The largest absolute Gasteiger partial charge is 0.342 e. The first-order valence-electron chi connectivity index (χ1n) is 7.09. The Bertz CT molecular complexity index is 905. The molecule has 2 aromatic carbocycles. The maximum Gasteiger partial charge on any atom is 0.255 e. The maximum absolute atomic E-state index is 12.3. The Morgan fingerprint density at radius 2 is 2.04 bits per heavy atom. The van der Waals surface area contributed by atoms with E-state index < -0.39 is 0 Å².